The van der Waals surface area contributed by atoms with Crippen LogP contribution in [0.4, 0.5) is 0 Å². The van der Waals surface area contributed by atoms with Crippen molar-refractivity contribution in [1.29, 1.82) is 0 Å². The highest BCUT2D eigenvalue weighted by Crippen LogP contribution is 2.27. The fraction of sp³-hybridized carbons (Fsp3) is 0.588. The normalized spacial score (nSPS) is 19.9. The summed E-state index contributed by atoms with van der Waals surface area (Å²) in [4.78, 5) is 20.9. The van der Waals surface area contributed by atoms with Gasteiger partial charge in [0.2, 0.25) is 17.6 Å². The van der Waals surface area contributed by atoms with Gasteiger partial charge >= 0.3 is 0 Å². The molecule has 0 radical (unpaired) electrons. The molecule has 2 saturated heterocycles. The molecule has 2 fully saturated rings. The van der Waals surface area contributed by atoms with E-state index in [-0.39, 0.29) is 11.8 Å². The number of nitrogens with zero attached hydrogens (tertiary/aromatic N) is 4. The SMILES string of the molecule is O=C(CN1CC(c2nc(-c3ccco3)no2)C1)N1CCCCCC1. The van der Waals surface area contributed by atoms with Crippen LogP contribution in [-0.4, -0.2) is 58.6 Å². The van der Waals surface area contributed by atoms with Gasteiger partial charge in [0.15, 0.2) is 5.76 Å². The van der Waals surface area contributed by atoms with Crippen molar-refractivity contribution in [2.24, 2.45) is 0 Å². The molecular formula is C17H22N4O3. The lowest BCUT2D eigenvalue weighted by molar-refractivity contribution is -0.133. The van der Waals surface area contributed by atoms with Crippen molar-refractivity contribution < 1.29 is 13.7 Å². The lowest BCUT2D eigenvalue weighted by atomic mass is 10.0. The van der Waals surface area contributed by atoms with Crippen LogP contribution in [0.2, 0.25) is 0 Å². The Morgan fingerprint density at radius 3 is 2.71 bits per heavy atom. The minimum atomic E-state index is 0.207. The molecule has 2 aliphatic rings. The summed E-state index contributed by atoms with van der Waals surface area (Å²) in [6, 6.07) is 3.60. The maximum Gasteiger partial charge on any atom is 0.238 e. The summed E-state index contributed by atoms with van der Waals surface area (Å²) in [7, 11) is 0. The van der Waals surface area contributed by atoms with Crippen molar-refractivity contribution in [3.63, 3.8) is 0 Å². The Bertz CT molecular complexity index is 668. The van der Waals surface area contributed by atoms with E-state index >= 15 is 0 Å². The van der Waals surface area contributed by atoms with E-state index in [0.29, 0.717) is 24.0 Å². The van der Waals surface area contributed by atoms with E-state index in [1.165, 1.54) is 12.8 Å². The third kappa shape index (κ3) is 3.21. The second kappa shape index (κ2) is 6.76. The molecule has 7 heteroatoms. The summed E-state index contributed by atoms with van der Waals surface area (Å²) in [5.41, 5.74) is 0. The van der Waals surface area contributed by atoms with Crippen molar-refractivity contribution in [2.75, 3.05) is 32.7 Å². The summed E-state index contributed by atoms with van der Waals surface area (Å²) < 4.78 is 10.6. The second-order valence-corrected chi connectivity index (χ2v) is 6.62. The zero-order chi connectivity index (χ0) is 16.4. The summed E-state index contributed by atoms with van der Waals surface area (Å²) in [5, 5.41) is 3.96. The summed E-state index contributed by atoms with van der Waals surface area (Å²) in [5.74, 6) is 2.17. The zero-order valence-electron chi connectivity index (χ0n) is 13.7. The van der Waals surface area contributed by atoms with Gasteiger partial charge in [0, 0.05) is 26.2 Å². The van der Waals surface area contributed by atoms with E-state index in [4.69, 9.17) is 8.94 Å². The standard InChI is InChI=1S/C17H22N4O3/c22-15(21-7-3-1-2-4-8-21)12-20-10-13(11-20)17-18-16(19-24-17)14-6-5-9-23-14/h5-6,9,13H,1-4,7-8,10-12H2. The predicted molar refractivity (Wildman–Crippen MR) is 86.2 cm³/mol. The molecule has 4 heterocycles. The van der Waals surface area contributed by atoms with Gasteiger partial charge in [-0.2, -0.15) is 4.98 Å². The van der Waals surface area contributed by atoms with Gasteiger partial charge in [0.05, 0.1) is 18.7 Å². The van der Waals surface area contributed by atoms with Gasteiger partial charge < -0.3 is 13.8 Å². The number of hydrogen-bond acceptors (Lipinski definition) is 6. The second-order valence-electron chi connectivity index (χ2n) is 6.62. The Kier molecular flexibility index (Phi) is 4.34. The molecule has 24 heavy (non-hydrogen) atoms. The van der Waals surface area contributed by atoms with Gasteiger partial charge in [0.25, 0.3) is 0 Å². The molecule has 1 amide bonds. The molecule has 0 N–H and O–H groups in total. The van der Waals surface area contributed by atoms with Crippen LogP contribution in [0.25, 0.3) is 11.6 Å². The minimum absolute atomic E-state index is 0.207. The van der Waals surface area contributed by atoms with E-state index in [1.54, 1.807) is 12.3 Å². The van der Waals surface area contributed by atoms with Crippen LogP contribution in [0, 0.1) is 0 Å². The van der Waals surface area contributed by atoms with Crippen LogP contribution in [-0.2, 0) is 4.79 Å². The molecule has 0 bridgehead atoms. The average Bonchev–Trinajstić information content (AvgIpc) is 3.16. The Labute approximate surface area is 140 Å². The molecule has 7 nitrogen and oxygen atoms in total. The highest BCUT2D eigenvalue weighted by molar-refractivity contribution is 5.78. The topological polar surface area (TPSA) is 75.6 Å². The predicted octanol–water partition coefficient (Wildman–Crippen LogP) is 2.13. The van der Waals surface area contributed by atoms with Crippen LogP contribution >= 0.6 is 0 Å². The summed E-state index contributed by atoms with van der Waals surface area (Å²) >= 11 is 0. The van der Waals surface area contributed by atoms with Crippen molar-refractivity contribution in [3.05, 3.63) is 24.3 Å². The minimum Gasteiger partial charge on any atom is -0.461 e. The Morgan fingerprint density at radius 2 is 2.00 bits per heavy atom. The molecule has 2 aromatic heterocycles. The summed E-state index contributed by atoms with van der Waals surface area (Å²) in [6.45, 7) is 3.90. The number of furan rings is 1. The molecule has 4 rings (SSSR count). The van der Waals surface area contributed by atoms with Gasteiger partial charge in [0.1, 0.15) is 0 Å². The van der Waals surface area contributed by atoms with Gasteiger partial charge in [-0.3, -0.25) is 9.69 Å². The van der Waals surface area contributed by atoms with E-state index in [1.807, 2.05) is 11.0 Å². The first-order chi connectivity index (χ1) is 11.8. The molecule has 2 aliphatic heterocycles. The molecule has 0 atom stereocenters. The number of hydrogen-bond donors (Lipinski definition) is 0. The first-order valence-corrected chi connectivity index (χ1v) is 8.67. The van der Waals surface area contributed by atoms with E-state index in [2.05, 4.69) is 15.0 Å². The van der Waals surface area contributed by atoms with Crippen LogP contribution in [0.1, 0.15) is 37.5 Å². The van der Waals surface area contributed by atoms with Crippen molar-refractivity contribution >= 4 is 5.91 Å². The smallest absolute Gasteiger partial charge is 0.238 e. The van der Waals surface area contributed by atoms with Crippen molar-refractivity contribution in [2.45, 2.75) is 31.6 Å². The van der Waals surface area contributed by atoms with Gasteiger partial charge in [-0.1, -0.05) is 18.0 Å². The van der Waals surface area contributed by atoms with Crippen LogP contribution in [0.15, 0.2) is 27.3 Å². The number of aromatic nitrogens is 2. The molecule has 128 valence electrons. The Hall–Kier alpha value is -2.15. The van der Waals surface area contributed by atoms with E-state index in [0.717, 1.165) is 39.0 Å². The van der Waals surface area contributed by atoms with Gasteiger partial charge in [-0.15, -0.1) is 0 Å². The molecule has 0 aliphatic carbocycles. The number of likely N-dealkylation sites (tertiary alicyclic amines) is 2. The molecule has 0 aromatic carbocycles. The monoisotopic (exact) mass is 330 g/mol. The number of carbonyl (C=O) groups excluding carboxylic acids is 1. The molecule has 0 saturated carbocycles. The fourth-order valence-corrected chi connectivity index (χ4v) is 3.37. The first kappa shape index (κ1) is 15.4. The molecule has 0 spiro atoms. The fourth-order valence-electron chi connectivity index (χ4n) is 3.37. The van der Waals surface area contributed by atoms with Crippen LogP contribution < -0.4 is 0 Å². The molecule has 2 aromatic rings. The van der Waals surface area contributed by atoms with Crippen LogP contribution in [0.5, 0.6) is 0 Å². The van der Waals surface area contributed by atoms with E-state index in [9.17, 15) is 4.79 Å². The maximum atomic E-state index is 12.4. The largest absolute Gasteiger partial charge is 0.461 e. The van der Waals surface area contributed by atoms with Gasteiger partial charge in [-0.25, -0.2) is 0 Å². The third-order valence-corrected chi connectivity index (χ3v) is 4.81. The summed E-state index contributed by atoms with van der Waals surface area (Å²) in [6.07, 6.45) is 6.33. The highest BCUT2D eigenvalue weighted by Gasteiger charge is 2.34. The number of carbonyl (C=O) groups is 1. The lowest BCUT2D eigenvalue weighted by Gasteiger charge is -2.37. The molecular weight excluding hydrogens is 308 g/mol. The van der Waals surface area contributed by atoms with Gasteiger partial charge in [-0.05, 0) is 25.0 Å². The van der Waals surface area contributed by atoms with Crippen molar-refractivity contribution in [1.82, 2.24) is 19.9 Å². The maximum absolute atomic E-state index is 12.4. The van der Waals surface area contributed by atoms with E-state index < -0.39 is 0 Å². The number of amides is 1. The highest BCUT2D eigenvalue weighted by atomic mass is 16.5. The Morgan fingerprint density at radius 1 is 1.21 bits per heavy atom. The zero-order valence-corrected chi connectivity index (χ0v) is 13.7. The Balaban J connectivity index is 1.28. The first-order valence-electron chi connectivity index (χ1n) is 8.67. The van der Waals surface area contributed by atoms with Crippen molar-refractivity contribution in [3.8, 4) is 11.6 Å². The lowest BCUT2D eigenvalue weighted by Crippen LogP contribution is -2.50. The van der Waals surface area contributed by atoms with Crippen LogP contribution in [0.3, 0.4) is 0 Å². The average molecular weight is 330 g/mol. The number of rotatable bonds is 4. The molecule has 0 unspecified atom stereocenters. The quantitative estimate of drug-likeness (QED) is 0.855. The third-order valence-electron chi connectivity index (χ3n) is 4.81.